The molecular weight excluding hydrogens is 354 g/mol. The van der Waals surface area contributed by atoms with E-state index in [1.165, 1.54) is 29.5 Å². The maximum atomic E-state index is 12.6. The number of nitrogens with one attached hydrogen (secondary N) is 1. The van der Waals surface area contributed by atoms with E-state index in [0.29, 0.717) is 10.6 Å². The van der Waals surface area contributed by atoms with Gasteiger partial charge < -0.3 is 20.0 Å². The molecule has 0 saturated heterocycles. The topological polar surface area (TPSA) is 95.5 Å². The highest BCUT2D eigenvalue weighted by molar-refractivity contribution is 7.17. The van der Waals surface area contributed by atoms with Gasteiger partial charge in [0, 0.05) is 16.0 Å². The molecule has 0 aliphatic heterocycles. The number of hydrogen-bond donors (Lipinski definition) is 1. The lowest BCUT2D eigenvalue weighted by molar-refractivity contribution is -0.255. The lowest BCUT2D eigenvalue weighted by Crippen LogP contribution is -2.26. The predicted molar refractivity (Wildman–Crippen MR) is 95.6 cm³/mol. The monoisotopic (exact) mass is 372 g/mol. The molecule has 1 aromatic heterocycles. The molecule has 1 aliphatic rings. The third-order valence-corrected chi connectivity index (χ3v) is 5.48. The van der Waals surface area contributed by atoms with E-state index in [1.54, 1.807) is 13.0 Å². The summed E-state index contributed by atoms with van der Waals surface area (Å²) in [5, 5.41) is 14.4. The van der Waals surface area contributed by atoms with Crippen LogP contribution in [0.1, 0.15) is 61.3 Å². The zero-order chi connectivity index (χ0) is 18.7. The van der Waals surface area contributed by atoms with E-state index >= 15 is 0 Å². The Hall–Kier alpha value is -2.67. The minimum Gasteiger partial charge on any atom is -0.545 e. The van der Waals surface area contributed by atoms with Crippen molar-refractivity contribution >= 4 is 34.2 Å². The summed E-state index contributed by atoms with van der Waals surface area (Å²) in [7, 11) is 0. The maximum Gasteiger partial charge on any atom is 0.341 e. The molecule has 7 heteroatoms. The second-order valence-corrected chi connectivity index (χ2v) is 7.03. The number of ether oxygens (including phenoxy) is 1. The molecule has 26 heavy (non-hydrogen) atoms. The Balaban J connectivity index is 1.97. The van der Waals surface area contributed by atoms with Crippen LogP contribution in [0, 0.1) is 0 Å². The summed E-state index contributed by atoms with van der Waals surface area (Å²) in [6.45, 7) is 1.97. The summed E-state index contributed by atoms with van der Waals surface area (Å²) in [4.78, 5) is 37.4. The van der Waals surface area contributed by atoms with E-state index in [0.717, 1.165) is 36.1 Å². The number of fused-ring (bicyclic) bond motifs is 1. The second kappa shape index (κ2) is 7.70. The van der Waals surface area contributed by atoms with E-state index in [2.05, 4.69) is 5.32 Å². The Kier molecular flexibility index (Phi) is 5.37. The molecule has 0 saturated carbocycles. The number of aryl methyl sites for hydroxylation is 1. The molecule has 2 aromatic rings. The molecule has 0 unspecified atom stereocenters. The van der Waals surface area contributed by atoms with E-state index in [1.807, 2.05) is 0 Å². The number of carbonyl (C=O) groups excluding carboxylic acids is 3. The third kappa shape index (κ3) is 3.48. The van der Waals surface area contributed by atoms with Crippen molar-refractivity contribution in [3.63, 3.8) is 0 Å². The molecule has 3 rings (SSSR count). The number of carboxylic acid groups (broad SMARTS) is 1. The van der Waals surface area contributed by atoms with Crippen LogP contribution in [0.2, 0.25) is 0 Å². The zero-order valence-corrected chi connectivity index (χ0v) is 15.1. The molecule has 1 aromatic carbocycles. The Bertz CT molecular complexity index is 871. The number of hydrogen-bond acceptors (Lipinski definition) is 6. The lowest BCUT2D eigenvalue weighted by atomic mass is 9.95. The van der Waals surface area contributed by atoms with Gasteiger partial charge in [-0.05, 0) is 44.2 Å². The number of benzene rings is 1. The van der Waals surface area contributed by atoms with Crippen LogP contribution >= 0.6 is 11.3 Å². The molecular formula is C19H18NO5S-. The molecule has 0 spiro atoms. The van der Waals surface area contributed by atoms with Crippen LogP contribution in [0.15, 0.2) is 24.3 Å². The molecule has 0 bridgehead atoms. The number of anilines is 1. The average Bonchev–Trinajstić information content (AvgIpc) is 2.99. The Morgan fingerprint density at radius 2 is 1.85 bits per heavy atom. The molecule has 136 valence electrons. The quantitative estimate of drug-likeness (QED) is 0.813. The number of carboxylic acids is 1. The van der Waals surface area contributed by atoms with Gasteiger partial charge >= 0.3 is 5.97 Å². The van der Waals surface area contributed by atoms with E-state index in [-0.39, 0.29) is 17.7 Å². The Morgan fingerprint density at radius 1 is 1.15 bits per heavy atom. The molecule has 1 heterocycles. The summed E-state index contributed by atoms with van der Waals surface area (Å²) in [5.41, 5.74) is 1.13. The minimum absolute atomic E-state index is 0.00585. The van der Waals surface area contributed by atoms with Crippen LogP contribution in [-0.2, 0) is 17.6 Å². The van der Waals surface area contributed by atoms with Crippen LogP contribution in [0.3, 0.4) is 0 Å². The van der Waals surface area contributed by atoms with Crippen LogP contribution in [0.5, 0.6) is 0 Å². The van der Waals surface area contributed by atoms with Crippen molar-refractivity contribution in [1.82, 2.24) is 0 Å². The number of esters is 1. The molecule has 0 fully saturated rings. The Morgan fingerprint density at radius 3 is 2.54 bits per heavy atom. The molecule has 1 N–H and O–H groups in total. The van der Waals surface area contributed by atoms with Crippen LogP contribution in [0.4, 0.5) is 5.00 Å². The van der Waals surface area contributed by atoms with Crippen molar-refractivity contribution < 1.29 is 24.2 Å². The summed E-state index contributed by atoms with van der Waals surface area (Å²) in [6, 6.07) is 5.83. The van der Waals surface area contributed by atoms with E-state index in [9.17, 15) is 19.5 Å². The maximum absolute atomic E-state index is 12.6. The fourth-order valence-electron chi connectivity index (χ4n) is 3.10. The summed E-state index contributed by atoms with van der Waals surface area (Å²) >= 11 is 1.36. The average molecular weight is 372 g/mol. The first-order valence-corrected chi connectivity index (χ1v) is 9.28. The van der Waals surface area contributed by atoms with Gasteiger partial charge in [-0.1, -0.05) is 18.2 Å². The first-order chi connectivity index (χ1) is 12.5. The highest BCUT2D eigenvalue weighted by atomic mass is 32.1. The number of amides is 1. The van der Waals surface area contributed by atoms with Gasteiger partial charge in [-0.3, -0.25) is 4.79 Å². The van der Waals surface area contributed by atoms with Crippen molar-refractivity contribution in [3.8, 4) is 0 Å². The summed E-state index contributed by atoms with van der Waals surface area (Å²) < 4.78 is 5.15. The van der Waals surface area contributed by atoms with Crippen molar-refractivity contribution in [3.05, 3.63) is 51.4 Å². The van der Waals surface area contributed by atoms with Gasteiger partial charge in [0.15, 0.2) is 0 Å². The van der Waals surface area contributed by atoms with Gasteiger partial charge in [0.25, 0.3) is 5.91 Å². The standard InChI is InChI=1S/C19H19NO5S/c1-2-25-19(24)15-13-9-5-6-10-14(13)26-17(15)20-16(21)11-7-3-4-8-12(11)18(22)23/h3-4,7-8H,2,5-6,9-10H2,1H3,(H,20,21)(H,22,23)/p-1. The zero-order valence-electron chi connectivity index (χ0n) is 14.3. The van der Waals surface area contributed by atoms with Crippen molar-refractivity contribution in [2.45, 2.75) is 32.6 Å². The predicted octanol–water partition coefficient (Wildman–Crippen LogP) is 2.42. The van der Waals surface area contributed by atoms with Crippen molar-refractivity contribution in [2.75, 3.05) is 11.9 Å². The lowest BCUT2D eigenvalue weighted by Gasteiger charge is -2.13. The Labute approximate surface area is 154 Å². The van der Waals surface area contributed by atoms with Crippen molar-refractivity contribution in [2.24, 2.45) is 0 Å². The first kappa shape index (κ1) is 18.1. The highest BCUT2D eigenvalue weighted by Gasteiger charge is 2.27. The number of carbonyl (C=O) groups is 3. The molecule has 6 nitrogen and oxygen atoms in total. The largest absolute Gasteiger partial charge is 0.545 e. The van der Waals surface area contributed by atoms with Crippen LogP contribution in [-0.4, -0.2) is 24.5 Å². The molecule has 1 aliphatic carbocycles. The fourth-order valence-corrected chi connectivity index (χ4v) is 4.38. The van der Waals surface area contributed by atoms with Gasteiger partial charge in [0.05, 0.1) is 18.1 Å². The molecule has 0 atom stereocenters. The minimum atomic E-state index is -1.42. The van der Waals surface area contributed by atoms with Gasteiger partial charge in [0.1, 0.15) is 5.00 Å². The van der Waals surface area contributed by atoms with Gasteiger partial charge in [-0.2, -0.15) is 0 Å². The smallest absolute Gasteiger partial charge is 0.341 e. The third-order valence-electron chi connectivity index (χ3n) is 4.27. The van der Waals surface area contributed by atoms with Crippen LogP contribution < -0.4 is 10.4 Å². The second-order valence-electron chi connectivity index (χ2n) is 5.92. The highest BCUT2D eigenvalue weighted by Crippen LogP contribution is 2.38. The fraction of sp³-hybridized carbons (Fsp3) is 0.316. The van der Waals surface area contributed by atoms with Gasteiger partial charge in [-0.25, -0.2) is 4.79 Å². The molecule has 0 radical (unpaired) electrons. The summed E-state index contributed by atoms with van der Waals surface area (Å²) in [5.74, 6) is -2.48. The first-order valence-electron chi connectivity index (χ1n) is 8.46. The van der Waals surface area contributed by atoms with Gasteiger partial charge in [0.2, 0.25) is 0 Å². The normalized spacial score (nSPS) is 13.0. The van der Waals surface area contributed by atoms with Gasteiger partial charge in [-0.15, -0.1) is 11.3 Å². The number of rotatable bonds is 5. The van der Waals surface area contributed by atoms with E-state index < -0.39 is 17.8 Å². The number of thiophene rings is 1. The number of aromatic carboxylic acids is 1. The molecule has 1 amide bonds. The SMILES string of the molecule is CCOC(=O)c1c(NC(=O)c2ccccc2C(=O)[O-])sc2c1CCCC2. The van der Waals surface area contributed by atoms with Crippen LogP contribution in [0.25, 0.3) is 0 Å². The van der Waals surface area contributed by atoms with E-state index in [4.69, 9.17) is 4.74 Å². The van der Waals surface area contributed by atoms with Crippen molar-refractivity contribution in [1.29, 1.82) is 0 Å². The summed E-state index contributed by atoms with van der Waals surface area (Å²) in [6.07, 6.45) is 3.65.